The van der Waals surface area contributed by atoms with Gasteiger partial charge in [-0.05, 0) is 69.6 Å². The van der Waals surface area contributed by atoms with Crippen molar-refractivity contribution in [1.82, 2.24) is 0 Å². The molecule has 0 aliphatic rings. The van der Waals surface area contributed by atoms with Gasteiger partial charge in [-0.2, -0.15) is 0 Å². The topological polar surface area (TPSA) is 26.3 Å². The third kappa shape index (κ3) is 3.25. The molecule has 0 aliphatic heterocycles. The first-order valence-corrected chi connectivity index (χ1v) is 12.4. The van der Waals surface area contributed by atoms with Crippen molar-refractivity contribution in [2.75, 3.05) is 0 Å². The van der Waals surface area contributed by atoms with Crippen molar-refractivity contribution >= 4 is 43.9 Å². The Morgan fingerprint density at radius 2 is 1.11 bits per heavy atom. The second kappa shape index (κ2) is 7.60. The number of fused-ring (bicyclic) bond motifs is 6. The predicted molar refractivity (Wildman–Crippen MR) is 151 cm³/mol. The average Bonchev–Trinajstić information content (AvgIpc) is 3.45. The van der Waals surface area contributed by atoms with Gasteiger partial charge < -0.3 is 8.83 Å². The van der Waals surface area contributed by atoms with Gasteiger partial charge in [0.15, 0.2) is 0 Å². The van der Waals surface area contributed by atoms with Crippen LogP contribution in [-0.2, 0) is 5.41 Å². The summed E-state index contributed by atoms with van der Waals surface area (Å²) in [5, 5.41) is 4.61. The van der Waals surface area contributed by atoms with E-state index in [1.165, 1.54) is 33.2 Å². The molecule has 174 valence electrons. The van der Waals surface area contributed by atoms with Crippen molar-refractivity contribution in [3.63, 3.8) is 0 Å². The van der Waals surface area contributed by atoms with Crippen LogP contribution in [0, 0.1) is 0 Å². The summed E-state index contributed by atoms with van der Waals surface area (Å²) in [6.45, 7) is 6.82. The first-order valence-electron chi connectivity index (χ1n) is 12.4. The Morgan fingerprint density at radius 1 is 0.472 bits per heavy atom. The Hall–Kier alpha value is -4.30. The van der Waals surface area contributed by atoms with Gasteiger partial charge in [0.2, 0.25) is 0 Å². The molecule has 2 nitrogen and oxygen atoms in total. The van der Waals surface area contributed by atoms with Crippen molar-refractivity contribution in [1.29, 1.82) is 0 Å². The maximum Gasteiger partial charge on any atom is 0.136 e. The van der Waals surface area contributed by atoms with E-state index in [1.54, 1.807) is 0 Å². The molecule has 0 aliphatic carbocycles. The van der Waals surface area contributed by atoms with Crippen molar-refractivity contribution in [2.24, 2.45) is 0 Å². The minimum Gasteiger partial charge on any atom is -0.456 e. The van der Waals surface area contributed by atoms with Gasteiger partial charge in [0, 0.05) is 21.5 Å². The molecule has 0 atom stereocenters. The third-order valence-corrected chi connectivity index (χ3v) is 7.22. The lowest BCUT2D eigenvalue weighted by Crippen LogP contribution is -2.11. The number of rotatable bonds is 2. The fraction of sp³-hybridized carbons (Fsp3) is 0.118. The molecule has 2 heteroatoms. The molecule has 0 spiro atoms. The van der Waals surface area contributed by atoms with Gasteiger partial charge in [-0.1, -0.05) is 87.5 Å². The molecular weight excluding hydrogens is 440 g/mol. The lowest BCUT2D eigenvalue weighted by Gasteiger charge is -2.22. The van der Waals surface area contributed by atoms with Crippen LogP contribution < -0.4 is 0 Å². The SMILES string of the molecule is CC(C)(C)c1cc(-c2ccc3oc4ccccc4c3c2)cc(-c2cccc3oc4ccccc4c23)c1. The molecule has 0 bridgehead atoms. The number of hydrogen-bond acceptors (Lipinski definition) is 2. The van der Waals surface area contributed by atoms with Crippen LogP contribution in [-0.4, -0.2) is 0 Å². The van der Waals surface area contributed by atoms with Crippen LogP contribution in [0.1, 0.15) is 26.3 Å². The molecule has 0 amide bonds. The molecule has 0 radical (unpaired) electrons. The molecule has 7 aromatic rings. The van der Waals surface area contributed by atoms with E-state index in [9.17, 15) is 0 Å². The van der Waals surface area contributed by atoms with Gasteiger partial charge in [0.1, 0.15) is 22.3 Å². The Bertz CT molecular complexity index is 1920. The lowest BCUT2D eigenvalue weighted by atomic mass is 9.83. The van der Waals surface area contributed by atoms with Gasteiger partial charge >= 0.3 is 0 Å². The second-order valence-electron chi connectivity index (χ2n) is 10.6. The summed E-state index contributed by atoms with van der Waals surface area (Å²) in [5.74, 6) is 0. The predicted octanol–water partition coefficient (Wildman–Crippen LogP) is 10.1. The van der Waals surface area contributed by atoms with E-state index in [4.69, 9.17) is 8.83 Å². The van der Waals surface area contributed by atoms with E-state index in [1.807, 2.05) is 24.3 Å². The van der Waals surface area contributed by atoms with Crippen LogP contribution in [0.15, 0.2) is 112 Å². The molecular formula is C34H26O2. The smallest absolute Gasteiger partial charge is 0.136 e. The zero-order valence-electron chi connectivity index (χ0n) is 20.6. The Kier molecular flexibility index (Phi) is 4.44. The molecule has 0 fully saturated rings. The summed E-state index contributed by atoms with van der Waals surface area (Å²) in [5.41, 5.74) is 9.77. The van der Waals surface area contributed by atoms with Crippen molar-refractivity contribution in [3.05, 3.63) is 109 Å². The number of hydrogen-bond donors (Lipinski definition) is 0. The summed E-state index contributed by atoms with van der Waals surface area (Å²) in [6, 6.07) is 36.4. The Labute approximate surface area is 209 Å². The molecule has 0 unspecified atom stereocenters. The summed E-state index contributed by atoms with van der Waals surface area (Å²) >= 11 is 0. The number of benzene rings is 5. The summed E-state index contributed by atoms with van der Waals surface area (Å²) < 4.78 is 12.3. The monoisotopic (exact) mass is 466 g/mol. The minimum atomic E-state index is 0.00353. The molecule has 2 aromatic heterocycles. The van der Waals surface area contributed by atoms with Gasteiger partial charge in [-0.15, -0.1) is 0 Å². The highest BCUT2D eigenvalue weighted by molar-refractivity contribution is 6.12. The first kappa shape index (κ1) is 21.0. The Morgan fingerprint density at radius 3 is 1.92 bits per heavy atom. The third-order valence-electron chi connectivity index (χ3n) is 7.22. The minimum absolute atomic E-state index is 0.00353. The first-order chi connectivity index (χ1) is 17.5. The van der Waals surface area contributed by atoms with Crippen LogP contribution in [0.3, 0.4) is 0 Å². The van der Waals surface area contributed by atoms with Crippen LogP contribution in [0.2, 0.25) is 0 Å². The van der Waals surface area contributed by atoms with E-state index in [0.29, 0.717) is 0 Å². The standard InChI is InChI=1S/C34H26O2/c1-34(2,3)24-18-22(21-15-16-31-28(20-21)26-9-4-6-12-29(26)35-31)17-23(19-24)25-11-8-14-32-33(25)27-10-5-7-13-30(27)36-32/h4-20H,1-3H3. The van der Waals surface area contributed by atoms with Crippen molar-refractivity contribution in [3.8, 4) is 22.3 Å². The zero-order chi connectivity index (χ0) is 24.4. The van der Waals surface area contributed by atoms with Gasteiger partial charge in [-0.25, -0.2) is 0 Å². The lowest BCUT2D eigenvalue weighted by molar-refractivity contribution is 0.591. The maximum atomic E-state index is 6.20. The summed E-state index contributed by atoms with van der Waals surface area (Å²) in [6.07, 6.45) is 0. The number of furan rings is 2. The molecule has 0 saturated heterocycles. The second-order valence-corrected chi connectivity index (χ2v) is 10.6. The molecule has 0 N–H and O–H groups in total. The molecule has 7 rings (SSSR count). The van der Waals surface area contributed by atoms with Crippen LogP contribution in [0.5, 0.6) is 0 Å². The average molecular weight is 467 g/mol. The van der Waals surface area contributed by atoms with Gasteiger partial charge in [0.05, 0.1) is 0 Å². The van der Waals surface area contributed by atoms with Gasteiger partial charge in [-0.3, -0.25) is 0 Å². The summed E-state index contributed by atoms with van der Waals surface area (Å²) in [7, 11) is 0. The van der Waals surface area contributed by atoms with E-state index < -0.39 is 0 Å². The summed E-state index contributed by atoms with van der Waals surface area (Å²) in [4.78, 5) is 0. The largest absolute Gasteiger partial charge is 0.456 e. The van der Waals surface area contributed by atoms with Crippen LogP contribution in [0.25, 0.3) is 66.1 Å². The van der Waals surface area contributed by atoms with Gasteiger partial charge in [0.25, 0.3) is 0 Å². The highest BCUT2D eigenvalue weighted by atomic mass is 16.3. The van der Waals surface area contributed by atoms with E-state index >= 15 is 0 Å². The van der Waals surface area contributed by atoms with Crippen LogP contribution in [0.4, 0.5) is 0 Å². The molecule has 0 saturated carbocycles. The highest BCUT2D eigenvalue weighted by Crippen LogP contribution is 2.40. The van der Waals surface area contributed by atoms with E-state index in [2.05, 4.69) is 99.6 Å². The van der Waals surface area contributed by atoms with Crippen LogP contribution >= 0.6 is 0 Å². The molecule has 36 heavy (non-hydrogen) atoms. The normalized spacial score (nSPS) is 12.3. The molecule has 5 aromatic carbocycles. The fourth-order valence-corrected chi connectivity index (χ4v) is 5.30. The highest BCUT2D eigenvalue weighted by Gasteiger charge is 2.19. The molecule has 2 heterocycles. The zero-order valence-corrected chi connectivity index (χ0v) is 20.6. The van der Waals surface area contributed by atoms with Crippen molar-refractivity contribution in [2.45, 2.75) is 26.2 Å². The maximum absolute atomic E-state index is 6.20. The Balaban J connectivity index is 1.50. The van der Waals surface area contributed by atoms with E-state index in [0.717, 1.165) is 38.5 Å². The number of para-hydroxylation sites is 2. The van der Waals surface area contributed by atoms with Crippen molar-refractivity contribution < 1.29 is 8.83 Å². The van der Waals surface area contributed by atoms with E-state index in [-0.39, 0.29) is 5.41 Å². The fourth-order valence-electron chi connectivity index (χ4n) is 5.30. The quantitative estimate of drug-likeness (QED) is 0.253.